The number of pyridine rings is 1. The van der Waals surface area contributed by atoms with Crippen molar-refractivity contribution < 1.29 is 4.39 Å². The molecule has 4 heteroatoms. The molecule has 1 heterocycles. The van der Waals surface area contributed by atoms with E-state index in [9.17, 15) is 4.39 Å². The van der Waals surface area contributed by atoms with Crippen molar-refractivity contribution in [2.45, 2.75) is 0 Å². The molecule has 1 aromatic rings. The lowest BCUT2D eigenvalue weighted by molar-refractivity contribution is 0.626. The Morgan fingerprint density at radius 1 is 1.60 bits per heavy atom. The third-order valence-electron chi connectivity index (χ3n) is 1.18. The van der Waals surface area contributed by atoms with Gasteiger partial charge < -0.3 is 11.1 Å². The number of anilines is 2. The van der Waals surface area contributed by atoms with Gasteiger partial charge in [0.1, 0.15) is 0 Å². The van der Waals surface area contributed by atoms with E-state index in [4.69, 9.17) is 5.73 Å². The van der Waals surface area contributed by atoms with Crippen LogP contribution in [0.25, 0.3) is 0 Å². The summed E-state index contributed by atoms with van der Waals surface area (Å²) in [4.78, 5) is 3.55. The van der Waals surface area contributed by atoms with E-state index >= 15 is 0 Å². The van der Waals surface area contributed by atoms with Crippen molar-refractivity contribution in [2.75, 3.05) is 18.1 Å². The fourth-order valence-corrected chi connectivity index (χ4v) is 0.714. The first-order chi connectivity index (χ1) is 4.75. The van der Waals surface area contributed by atoms with Crippen molar-refractivity contribution in [3.8, 4) is 0 Å². The van der Waals surface area contributed by atoms with Gasteiger partial charge in [0.15, 0.2) is 5.82 Å². The number of rotatable bonds is 1. The second-order valence-corrected chi connectivity index (χ2v) is 1.84. The van der Waals surface area contributed by atoms with Crippen LogP contribution >= 0.6 is 0 Å². The molecule has 0 aliphatic heterocycles. The van der Waals surface area contributed by atoms with Crippen LogP contribution in [0.3, 0.4) is 0 Å². The Balaban J connectivity index is 3.17. The normalized spacial score (nSPS) is 9.40. The molecule has 0 unspecified atom stereocenters. The summed E-state index contributed by atoms with van der Waals surface area (Å²) in [6, 6.07) is 0. The first-order valence-corrected chi connectivity index (χ1v) is 2.82. The maximum absolute atomic E-state index is 12.6. The highest BCUT2D eigenvalue weighted by molar-refractivity contribution is 5.64. The van der Waals surface area contributed by atoms with Crippen LogP contribution in [0.4, 0.5) is 15.8 Å². The topological polar surface area (TPSA) is 50.9 Å². The lowest BCUT2D eigenvalue weighted by Gasteiger charge is -2.03. The third-order valence-corrected chi connectivity index (χ3v) is 1.18. The van der Waals surface area contributed by atoms with E-state index in [0.29, 0.717) is 11.4 Å². The number of hydrogen-bond donors (Lipinski definition) is 2. The third kappa shape index (κ3) is 1.00. The Kier molecular flexibility index (Phi) is 1.71. The first kappa shape index (κ1) is 6.80. The molecule has 0 aromatic carbocycles. The van der Waals surface area contributed by atoms with Crippen molar-refractivity contribution >= 4 is 11.4 Å². The van der Waals surface area contributed by atoms with Crippen molar-refractivity contribution in [3.63, 3.8) is 0 Å². The lowest BCUT2D eigenvalue weighted by Crippen LogP contribution is -1.99. The van der Waals surface area contributed by atoms with Crippen LogP contribution in [-0.4, -0.2) is 12.0 Å². The summed E-state index contributed by atoms with van der Waals surface area (Å²) in [5.41, 5.74) is 5.99. The summed E-state index contributed by atoms with van der Waals surface area (Å²) in [6.07, 6.45) is 2.51. The van der Waals surface area contributed by atoms with Crippen LogP contribution in [0.5, 0.6) is 0 Å². The smallest absolute Gasteiger partial charge is 0.166 e. The highest BCUT2D eigenvalue weighted by Crippen LogP contribution is 2.18. The Morgan fingerprint density at radius 3 is 2.70 bits per heavy atom. The van der Waals surface area contributed by atoms with E-state index in [-0.39, 0.29) is 0 Å². The molecule has 0 fully saturated rings. The molecule has 0 bridgehead atoms. The Labute approximate surface area is 58.1 Å². The minimum Gasteiger partial charge on any atom is -0.396 e. The van der Waals surface area contributed by atoms with Gasteiger partial charge in [-0.2, -0.15) is 0 Å². The first-order valence-electron chi connectivity index (χ1n) is 2.82. The molecule has 54 valence electrons. The van der Waals surface area contributed by atoms with Gasteiger partial charge in [0.25, 0.3) is 0 Å². The molecule has 0 atom stereocenters. The van der Waals surface area contributed by atoms with Gasteiger partial charge in [-0.05, 0) is 0 Å². The molecule has 0 radical (unpaired) electrons. The second kappa shape index (κ2) is 2.51. The van der Waals surface area contributed by atoms with Crippen LogP contribution in [0.2, 0.25) is 0 Å². The van der Waals surface area contributed by atoms with E-state index in [2.05, 4.69) is 10.3 Å². The number of hydrogen-bond acceptors (Lipinski definition) is 3. The van der Waals surface area contributed by atoms with E-state index in [0.717, 1.165) is 6.20 Å². The molecule has 10 heavy (non-hydrogen) atoms. The minimum absolute atomic E-state index is 0.301. The molecular formula is C6H8FN3. The molecule has 3 nitrogen and oxygen atoms in total. The number of halogens is 1. The molecule has 3 N–H and O–H groups in total. The average Bonchev–Trinajstić information content (AvgIpc) is 1.88. The summed E-state index contributed by atoms with van der Waals surface area (Å²) in [7, 11) is 1.61. The Bertz CT molecular complexity index is 216. The van der Waals surface area contributed by atoms with E-state index < -0.39 is 5.82 Å². The standard InChI is InChI=1S/C6H8FN3/c1-9-6-4(7)2-10-3-5(6)8/h2-3H,8H2,1H3,(H,9,10). The molecule has 0 spiro atoms. The highest BCUT2D eigenvalue weighted by Gasteiger charge is 2.02. The molecule has 0 amide bonds. The zero-order chi connectivity index (χ0) is 7.56. The summed E-state index contributed by atoms with van der Waals surface area (Å²) in [6.45, 7) is 0. The lowest BCUT2D eigenvalue weighted by atomic mass is 10.3. The quantitative estimate of drug-likeness (QED) is 0.609. The fourth-order valence-electron chi connectivity index (χ4n) is 0.714. The number of nitrogens with one attached hydrogen (secondary N) is 1. The van der Waals surface area contributed by atoms with Crippen molar-refractivity contribution in [3.05, 3.63) is 18.2 Å². The Hall–Kier alpha value is -1.32. The maximum Gasteiger partial charge on any atom is 0.166 e. The van der Waals surface area contributed by atoms with Gasteiger partial charge in [0.2, 0.25) is 0 Å². The van der Waals surface area contributed by atoms with Crippen LogP contribution in [0.1, 0.15) is 0 Å². The number of nitrogen functional groups attached to an aromatic ring is 1. The summed E-state index contributed by atoms with van der Waals surface area (Å²) in [5, 5.41) is 2.62. The zero-order valence-electron chi connectivity index (χ0n) is 5.56. The van der Waals surface area contributed by atoms with Gasteiger partial charge in [-0.1, -0.05) is 0 Å². The van der Waals surface area contributed by atoms with Gasteiger partial charge in [-0.15, -0.1) is 0 Å². The molecule has 1 rings (SSSR count). The largest absolute Gasteiger partial charge is 0.396 e. The Morgan fingerprint density at radius 2 is 2.30 bits per heavy atom. The fraction of sp³-hybridized carbons (Fsp3) is 0.167. The SMILES string of the molecule is CNc1c(N)cncc1F. The van der Waals surface area contributed by atoms with Crippen molar-refractivity contribution in [1.29, 1.82) is 0 Å². The molecule has 0 aliphatic rings. The number of aromatic nitrogens is 1. The van der Waals surface area contributed by atoms with E-state index in [1.807, 2.05) is 0 Å². The summed E-state index contributed by atoms with van der Waals surface area (Å²) < 4.78 is 12.6. The van der Waals surface area contributed by atoms with Crippen LogP contribution in [0, 0.1) is 5.82 Å². The van der Waals surface area contributed by atoms with Crippen LogP contribution in [-0.2, 0) is 0 Å². The molecule has 0 saturated carbocycles. The maximum atomic E-state index is 12.6. The van der Waals surface area contributed by atoms with Crippen LogP contribution in [0.15, 0.2) is 12.4 Å². The molecule has 1 aromatic heterocycles. The van der Waals surface area contributed by atoms with Crippen molar-refractivity contribution in [1.82, 2.24) is 4.98 Å². The highest BCUT2D eigenvalue weighted by atomic mass is 19.1. The van der Waals surface area contributed by atoms with Gasteiger partial charge in [-0.3, -0.25) is 4.98 Å². The predicted octanol–water partition coefficient (Wildman–Crippen LogP) is 0.845. The van der Waals surface area contributed by atoms with E-state index in [1.54, 1.807) is 7.05 Å². The van der Waals surface area contributed by atoms with E-state index in [1.165, 1.54) is 6.20 Å². The van der Waals surface area contributed by atoms with Gasteiger partial charge >= 0.3 is 0 Å². The molecule has 0 aliphatic carbocycles. The summed E-state index contributed by atoms with van der Waals surface area (Å²) in [5.74, 6) is -0.428. The predicted molar refractivity (Wildman–Crippen MR) is 38.2 cm³/mol. The average molecular weight is 141 g/mol. The number of nitrogens with zero attached hydrogens (tertiary/aromatic N) is 1. The zero-order valence-corrected chi connectivity index (χ0v) is 5.56. The monoisotopic (exact) mass is 141 g/mol. The second-order valence-electron chi connectivity index (χ2n) is 1.84. The molecule has 0 saturated heterocycles. The van der Waals surface area contributed by atoms with Gasteiger partial charge in [0.05, 0.1) is 23.8 Å². The van der Waals surface area contributed by atoms with Gasteiger partial charge in [-0.25, -0.2) is 4.39 Å². The summed E-state index contributed by atoms with van der Waals surface area (Å²) >= 11 is 0. The molecular weight excluding hydrogens is 133 g/mol. The minimum atomic E-state index is -0.428. The van der Waals surface area contributed by atoms with Gasteiger partial charge in [0, 0.05) is 7.05 Å². The number of nitrogens with two attached hydrogens (primary N) is 1. The van der Waals surface area contributed by atoms with Crippen LogP contribution < -0.4 is 11.1 Å². The van der Waals surface area contributed by atoms with Crippen molar-refractivity contribution in [2.24, 2.45) is 0 Å².